The van der Waals surface area contributed by atoms with E-state index in [1.807, 2.05) is 25.1 Å². The van der Waals surface area contributed by atoms with Gasteiger partial charge in [-0.1, -0.05) is 6.92 Å². The highest BCUT2D eigenvalue weighted by Crippen LogP contribution is 2.21. The van der Waals surface area contributed by atoms with Gasteiger partial charge in [0, 0.05) is 43.4 Å². The van der Waals surface area contributed by atoms with Gasteiger partial charge >= 0.3 is 5.63 Å². The van der Waals surface area contributed by atoms with E-state index in [-0.39, 0.29) is 5.56 Å². The lowest BCUT2D eigenvalue weighted by Crippen LogP contribution is -2.31. The first-order valence-corrected chi connectivity index (χ1v) is 8.79. The van der Waals surface area contributed by atoms with E-state index in [4.69, 9.17) is 9.15 Å². The maximum absolute atomic E-state index is 12.2. The molecule has 2 aromatic rings. The van der Waals surface area contributed by atoms with Crippen molar-refractivity contribution in [3.8, 4) is 0 Å². The zero-order chi connectivity index (χ0) is 18.2. The highest BCUT2D eigenvalue weighted by Gasteiger charge is 2.14. The van der Waals surface area contributed by atoms with Crippen LogP contribution in [0.5, 0.6) is 0 Å². The fraction of sp³-hybridized carbons (Fsp3) is 0.474. The van der Waals surface area contributed by atoms with Crippen LogP contribution in [0.15, 0.2) is 33.5 Å². The minimum Gasteiger partial charge on any atom is -0.422 e. The SMILES string of the molecule is CCCOCCNC(=O)c1cc2ccc(N(CC)CC)cc2oc1=O. The number of carbonyl (C=O) groups excluding carboxylic acids is 1. The van der Waals surface area contributed by atoms with Gasteiger partial charge < -0.3 is 19.4 Å². The van der Waals surface area contributed by atoms with E-state index in [1.54, 1.807) is 6.07 Å². The van der Waals surface area contributed by atoms with Crippen molar-refractivity contribution in [2.24, 2.45) is 0 Å². The smallest absolute Gasteiger partial charge is 0.349 e. The van der Waals surface area contributed by atoms with Gasteiger partial charge in [-0.05, 0) is 38.5 Å². The number of fused-ring (bicyclic) bond motifs is 1. The standard InChI is InChI=1S/C19H26N2O4/c1-4-10-24-11-9-20-18(22)16-12-14-7-8-15(21(5-2)6-3)13-17(14)25-19(16)23/h7-8,12-13H,4-6,9-11H2,1-3H3,(H,20,22). The third-order valence-electron chi connectivity index (χ3n) is 3.97. The van der Waals surface area contributed by atoms with Crippen molar-refractivity contribution in [3.63, 3.8) is 0 Å². The monoisotopic (exact) mass is 346 g/mol. The van der Waals surface area contributed by atoms with Crippen LogP contribution in [0.4, 0.5) is 5.69 Å². The number of carbonyl (C=O) groups is 1. The molecule has 25 heavy (non-hydrogen) atoms. The third kappa shape index (κ3) is 4.82. The van der Waals surface area contributed by atoms with Crippen LogP contribution in [-0.2, 0) is 4.74 Å². The molecule has 0 saturated carbocycles. The molecule has 0 fully saturated rings. The van der Waals surface area contributed by atoms with Crippen molar-refractivity contribution in [1.82, 2.24) is 5.32 Å². The Balaban J connectivity index is 2.17. The minimum absolute atomic E-state index is 0.0126. The van der Waals surface area contributed by atoms with Crippen LogP contribution in [0.3, 0.4) is 0 Å². The van der Waals surface area contributed by atoms with Gasteiger partial charge in [0.25, 0.3) is 5.91 Å². The first kappa shape index (κ1) is 19.0. The van der Waals surface area contributed by atoms with Crippen LogP contribution in [0.25, 0.3) is 11.0 Å². The number of hydrogen-bond donors (Lipinski definition) is 1. The molecule has 0 bridgehead atoms. The molecule has 2 rings (SSSR count). The first-order chi connectivity index (χ1) is 12.1. The summed E-state index contributed by atoms with van der Waals surface area (Å²) in [6, 6.07) is 7.25. The number of benzene rings is 1. The summed E-state index contributed by atoms with van der Waals surface area (Å²) in [7, 11) is 0. The maximum atomic E-state index is 12.2. The van der Waals surface area contributed by atoms with Crippen LogP contribution >= 0.6 is 0 Å². The minimum atomic E-state index is -0.629. The third-order valence-corrected chi connectivity index (χ3v) is 3.97. The van der Waals surface area contributed by atoms with Crippen LogP contribution in [-0.4, -0.2) is 38.8 Å². The molecular weight excluding hydrogens is 320 g/mol. The quantitative estimate of drug-likeness (QED) is 0.558. The van der Waals surface area contributed by atoms with Gasteiger partial charge in [-0.3, -0.25) is 4.79 Å². The van der Waals surface area contributed by atoms with E-state index in [1.165, 1.54) is 0 Å². The summed E-state index contributed by atoms with van der Waals surface area (Å²) in [5.74, 6) is -0.441. The van der Waals surface area contributed by atoms with Gasteiger partial charge in [-0.25, -0.2) is 4.79 Å². The predicted octanol–water partition coefficient (Wildman–Crippen LogP) is 2.80. The van der Waals surface area contributed by atoms with Crippen molar-refractivity contribution in [2.75, 3.05) is 37.7 Å². The summed E-state index contributed by atoms with van der Waals surface area (Å²) in [5.41, 5.74) is 0.859. The van der Waals surface area contributed by atoms with Crippen molar-refractivity contribution in [3.05, 3.63) is 40.2 Å². The summed E-state index contributed by atoms with van der Waals surface area (Å²) in [6.07, 6.45) is 0.928. The molecule has 6 nitrogen and oxygen atoms in total. The van der Waals surface area contributed by atoms with Crippen molar-refractivity contribution >= 4 is 22.6 Å². The average molecular weight is 346 g/mol. The molecule has 1 amide bonds. The van der Waals surface area contributed by atoms with E-state index < -0.39 is 11.5 Å². The zero-order valence-corrected chi connectivity index (χ0v) is 15.1. The summed E-state index contributed by atoms with van der Waals surface area (Å²) >= 11 is 0. The number of nitrogens with one attached hydrogen (secondary N) is 1. The van der Waals surface area contributed by atoms with Crippen LogP contribution < -0.4 is 15.8 Å². The normalized spacial score (nSPS) is 10.8. The molecular formula is C19H26N2O4. The van der Waals surface area contributed by atoms with E-state index in [2.05, 4.69) is 24.1 Å². The lowest BCUT2D eigenvalue weighted by Gasteiger charge is -2.21. The molecule has 1 heterocycles. The Kier molecular flexibility index (Phi) is 7.01. The van der Waals surface area contributed by atoms with E-state index in [0.717, 1.165) is 30.6 Å². The molecule has 0 aliphatic heterocycles. The lowest BCUT2D eigenvalue weighted by molar-refractivity contribution is 0.0912. The fourth-order valence-electron chi connectivity index (χ4n) is 2.62. The highest BCUT2D eigenvalue weighted by molar-refractivity contribution is 5.96. The Bertz CT molecular complexity index is 766. The van der Waals surface area contributed by atoms with E-state index in [9.17, 15) is 9.59 Å². The van der Waals surface area contributed by atoms with Crippen molar-refractivity contribution in [2.45, 2.75) is 27.2 Å². The summed E-state index contributed by atoms with van der Waals surface area (Å²) in [5, 5.41) is 3.40. The second-order valence-corrected chi connectivity index (χ2v) is 5.71. The molecule has 0 atom stereocenters. The Labute approximate surface area is 147 Å². The second-order valence-electron chi connectivity index (χ2n) is 5.71. The molecule has 1 aromatic heterocycles. The first-order valence-electron chi connectivity index (χ1n) is 8.79. The molecule has 1 aromatic carbocycles. The van der Waals surface area contributed by atoms with Gasteiger partial charge in [0.1, 0.15) is 11.1 Å². The number of anilines is 1. The molecule has 0 unspecified atom stereocenters. The summed E-state index contributed by atoms with van der Waals surface area (Å²) in [6.45, 7) is 9.33. The number of ether oxygens (including phenoxy) is 1. The van der Waals surface area contributed by atoms with Gasteiger partial charge in [-0.2, -0.15) is 0 Å². The van der Waals surface area contributed by atoms with Crippen molar-refractivity contribution < 1.29 is 13.9 Å². The summed E-state index contributed by atoms with van der Waals surface area (Å²) in [4.78, 5) is 26.5. The average Bonchev–Trinajstić information content (AvgIpc) is 2.61. The summed E-state index contributed by atoms with van der Waals surface area (Å²) < 4.78 is 10.7. The Morgan fingerprint density at radius 2 is 1.92 bits per heavy atom. The topological polar surface area (TPSA) is 71.8 Å². The molecule has 6 heteroatoms. The molecule has 0 aliphatic carbocycles. The number of rotatable bonds is 9. The second kappa shape index (κ2) is 9.22. The van der Waals surface area contributed by atoms with E-state index >= 15 is 0 Å². The van der Waals surface area contributed by atoms with Crippen LogP contribution in [0, 0.1) is 0 Å². The van der Waals surface area contributed by atoms with Gasteiger partial charge in [0.05, 0.1) is 6.61 Å². The van der Waals surface area contributed by atoms with Gasteiger partial charge in [0.2, 0.25) is 0 Å². The van der Waals surface area contributed by atoms with Crippen LogP contribution in [0.2, 0.25) is 0 Å². The number of hydrogen-bond acceptors (Lipinski definition) is 5. The Hall–Kier alpha value is -2.34. The van der Waals surface area contributed by atoms with Crippen LogP contribution in [0.1, 0.15) is 37.6 Å². The zero-order valence-electron chi connectivity index (χ0n) is 15.1. The molecule has 0 saturated heterocycles. The molecule has 0 spiro atoms. The number of nitrogens with zero attached hydrogens (tertiary/aromatic N) is 1. The lowest BCUT2D eigenvalue weighted by atomic mass is 10.1. The molecule has 0 aliphatic rings. The molecule has 136 valence electrons. The Morgan fingerprint density at radius 3 is 2.60 bits per heavy atom. The molecule has 1 N–H and O–H groups in total. The van der Waals surface area contributed by atoms with Gasteiger partial charge in [0.15, 0.2) is 0 Å². The van der Waals surface area contributed by atoms with E-state index in [0.29, 0.717) is 25.3 Å². The van der Waals surface area contributed by atoms with Crippen molar-refractivity contribution in [1.29, 1.82) is 0 Å². The Morgan fingerprint density at radius 1 is 1.16 bits per heavy atom. The highest BCUT2D eigenvalue weighted by atomic mass is 16.5. The van der Waals surface area contributed by atoms with Gasteiger partial charge in [-0.15, -0.1) is 0 Å². The molecule has 0 radical (unpaired) electrons. The predicted molar refractivity (Wildman–Crippen MR) is 99.5 cm³/mol. The fourth-order valence-corrected chi connectivity index (χ4v) is 2.62. The largest absolute Gasteiger partial charge is 0.422 e. The number of amides is 1. The maximum Gasteiger partial charge on any atom is 0.349 e.